The van der Waals surface area contributed by atoms with Gasteiger partial charge in [-0.25, -0.2) is 9.06 Å². The van der Waals surface area contributed by atoms with E-state index >= 15 is 0 Å². The van der Waals surface area contributed by atoms with Gasteiger partial charge in [0, 0.05) is 31.4 Å². The summed E-state index contributed by atoms with van der Waals surface area (Å²) in [5.41, 5.74) is 0. The number of nitrogens with zero attached hydrogens (tertiary/aromatic N) is 2. The lowest BCUT2D eigenvalue weighted by molar-refractivity contribution is -0.156. The lowest BCUT2D eigenvalue weighted by Crippen LogP contribution is -2.39. The summed E-state index contributed by atoms with van der Waals surface area (Å²) in [6.07, 6.45) is -2.56. The van der Waals surface area contributed by atoms with E-state index in [1.54, 1.807) is 0 Å². The van der Waals surface area contributed by atoms with E-state index in [2.05, 4.69) is 0 Å². The number of esters is 1. The summed E-state index contributed by atoms with van der Waals surface area (Å²) >= 11 is 0. The first-order chi connectivity index (χ1) is 14.3. The van der Waals surface area contributed by atoms with E-state index in [0.29, 0.717) is 0 Å². The number of alkyl halides is 1. The Morgan fingerprint density at radius 1 is 1.35 bits per heavy atom. The SMILES string of the molecule is [B][C@@H]1O[C@H](C(OC(C)=O)C(F)P(C)(C)=O)C[C@@H]1OP(OCCC#N)N(C(C)C)C(C)C. The number of carbonyl (C=O) groups is 1. The molecular weight excluding hydrogens is 444 g/mol. The predicted molar refractivity (Wildman–Crippen MR) is 119 cm³/mol. The molecule has 0 saturated carbocycles. The average Bonchev–Trinajstić information content (AvgIpc) is 2.98. The molecule has 1 aliphatic heterocycles. The van der Waals surface area contributed by atoms with Crippen LogP contribution in [0.2, 0.25) is 0 Å². The van der Waals surface area contributed by atoms with E-state index in [0.717, 1.165) is 6.92 Å². The summed E-state index contributed by atoms with van der Waals surface area (Å²) in [5.74, 6) is -2.58. The molecule has 1 heterocycles. The summed E-state index contributed by atoms with van der Waals surface area (Å²) in [6, 6.07) is 1.32. The monoisotopic (exact) mass is 478 g/mol. The van der Waals surface area contributed by atoms with Gasteiger partial charge in [-0.15, -0.1) is 0 Å². The summed E-state index contributed by atoms with van der Waals surface area (Å²) < 4.78 is 52.1. The Labute approximate surface area is 187 Å². The van der Waals surface area contributed by atoms with Crippen LogP contribution in [0.5, 0.6) is 0 Å². The molecule has 1 saturated heterocycles. The van der Waals surface area contributed by atoms with E-state index in [1.165, 1.54) is 13.3 Å². The van der Waals surface area contributed by atoms with Gasteiger partial charge in [0.05, 0.1) is 31.3 Å². The molecule has 12 heteroatoms. The van der Waals surface area contributed by atoms with Gasteiger partial charge in [0.1, 0.15) is 15.0 Å². The van der Waals surface area contributed by atoms with E-state index in [1.807, 2.05) is 38.4 Å². The van der Waals surface area contributed by atoms with Crippen LogP contribution in [0.3, 0.4) is 0 Å². The third-order valence-electron chi connectivity index (χ3n) is 4.58. The van der Waals surface area contributed by atoms with Crippen molar-refractivity contribution in [3.05, 3.63) is 0 Å². The van der Waals surface area contributed by atoms with E-state index in [9.17, 15) is 13.8 Å². The molecule has 1 aliphatic rings. The van der Waals surface area contributed by atoms with Crippen molar-refractivity contribution in [2.24, 2.45) is 0 Å². The van der Waals surface area contributed by atoms with Crippen LogP contribution in [-0.4, -0.2) is 80.7 Å². The summed E-state index contributed by atoms with van der Waals surface area (Å²) in [5, 5.41) is 8.83. The first-order valence-corrected chi connectivity index (χ1v) is 14.1. The number of hydrogen-bond acceptors (Lipinski definition) is 8. The Morgan fingerprint density at radius 2 is 1.94 bits per heavy atom. The molecule has 0 aromatic heterocycles. The topological polar surface area (TPSA) is 98.1 Å². The van der Waals surface area contributed by atoms with E-state index in [-0.39, 0.29) is 31.5 Å². The fourth-order valence-corrected chi connectivity index (χ4v) is 5.99. The lowest BCUT2D eigenvalue weighted by Gasteiger charge is -2.37. The van der Waals surface area contributed by atoms with Gasteiger partial charge < -0.3 is 23.1 Å². The molecule has 1 fully saturated rings. The molecule has 0 aromatic rings. The smallest absolute Gasteiger partial charge is 0.303 e. The quantitative estimate of drug-likeness (QED) is 0.181. The van der Waals surface area contributed by atoms with Gasteiger partial charge in [-0.1, -0.05) is 0 Å². The van der Waals surface area contributed by atoms with Crippen molar-refractivity contribution in [1.29, 1.82) is 5.26 Å². The minimum Gasteiger partial charge on any atom is -0.456 e. The Kier molecular flexibility index (Phi) is 11.6. The number of halogens is 1. The molecule has 2 radical (unpaired) electrons. The first kappa shape index (κ1) is 28.5. The molecule has 0 bridgehead atoms. The van der Waals surface area contributed by atoms with Gasteiger partial charge in [0.25, 0.3) is 8.53 Å². The van der Waals surface area contributed by atoms with Crippen LogP contribution >= 0.6 is 15.7 Å². The highest BCUT2D eigenvalue weighted by Gasteiger charge is 2.47. The molecule has 8 nitrogen and oxygen atoms in total. The highest BCUT2D eigenvalue weighted by molar-refractivity contribution is 7.62. The second-order valence-corrected chi connectivity index (χ2v) is 13.2. The van der Waals surface area contributed by atoms with Crippen molar-refractivity contribution >= 4 is 29.5 Å². The normalized spacial score (nSPS) is 24.9. The minimum absolute atomic E-state index is 0.0950. The average molecular weight is 478 g/mol. The number of rotatable bonds is 12. The van der Waals surface area contributed by atoms with Crippen LogP contribution in [0.4, 0.5) is 4.39 Å². The molecular formula is C19H34BFN2O6P2. The standard InChI is InChI=1S/C19H34BFN2O6P2/c1-12(2)23(13(3)4)30(26-10-8-9-22)29-16-11-15(28-18(16)20)17(27-14(5)24)19(21)31(6,7)25/h12-13,15-19H,8,10-11H2,1-7H3/t15-,16-,17?,18+,19?,30?/m0/s1. The molecule has 3 unspecified atom stereocenters. The highest BCUT2D eigenvalue weighted by atomic mass is 31.2. The molecule has 1 rings (SSSR count). The molecule has 6 atom stereocenters. The van der Waals surface area contributed by atoms with E-state index in [4.69, 9.17) is 31.6 Å². The van der Waals surface area contributed by atoms with Crippen molar-refractivity contribution in [2.75, 3.05) is 19.9 Å². The van der Waals surface area contributed by atoms with Crippen LogP contribution in [0.15, 0.2) is 0 Å². The number of nitriles is 1. The van der Waals surface area contributed by atoms with Crippen LogP contribution in [0.25, 0.3) is 0 Å². The van der Waals surface area contributed by atoms with Gasteiger partial charge >= 0.3 is 5.97 Å². The molecule has 31 heavy (non-hydrogen) atoms. The Morgan fingerprint density at radius 3 is 2.39 bits per heavy atom. The summed E-state index contributed by atoms with van der Waals surface area (Å²) in [6.45, 7) is 12.0. The first-order valence-electron chi connectivity index (χ1n) is 10.3. The molecule has 0 N–H and O–H groups in total. The van der Waals surface area contributed by atoms with E-state index < -0.39 is 51.9 Å². The summed E-state index contributed by atoms with van der Waals surface area (Å²) in [7, 11) is 1.31. The second kappa shape index (κ2) is 12.6. The zero-order chi connectivity index (χ0) is 23.9. The molecule has 0 aromatic carbocycles. The fraction of sp³-hybridized carbons (Fsp3) is 0.895. The van der Waals surface area contributed by atoms with Gasteiger partial charge in [0.2, 0.25) is 0 Å². The molecule has 0 amide bonds. The van der Waals surface area contributed by atoms with Gasteiger partial charge in [0.15, 0.2) is 12.0 Å². The Bertz CT molecular complexity index is 666. The Balaban J connectivity index is 3.03. The van der Waals surface area contributed by atoms with Crippen LogP contribution < -0.4 is 0 Å². The maximum Gasteiger partial charge on any atom is 0.303 e. The number of carbonyl (C=O) groups excluding carboxylic acids is 1. The number of hydrogen-bond donors (Lipinski definition) is 0. The highest BCUT2D eigenvalue weighted by Crippen LogP contribution is 2.51. The maximum absolute atomic E-state index is 14.9. The number of ether oxygens (including phenoxy) is 2. The van der Waals surface area contributed by atoms with Crippen molar-refractivity contribution in [2.45, 2.75) is 89.8 Å². The molecule has 0 spiro atoms. The Hall–Kier alpha value is -0.545. The van der Waals surface area contributed by atoms with Gasteiger partial charge in [-0.05, 0) is 41.0 Å². The van der Waals surface area contributed by atoms with Crippen molar-refractivity contribution < 1.29 is 32.3 Å². The molecule has 176 valence electrons. The zero-order valence-electron chi connectivity index (χ0n) is 19.4. The lowest BCUT2D eigenvalue weighted by atomic mass is 9.94. The predicted octanol–water partition coefficient (Wildman–Crippen LogP) is 3.78. The van der Waals surface area contributed by atoms with Crippen molar-refractivity contribution in [1.82, 2.24) is 4.67 Å². The van der Waals surface area contributed by atoms with Gasteiger partial charge in [-0.3, -0.25) is 4.79 Å². The van der Waals surface area contributed by atoms with Crippen LogP contribution in [0.1, 0.15) is 47.5 Å². The van der Waals surface area contributed by atoms with Crippen molar-refractivity contribution in [3.63, 3.8) is 0 Å². The summed E-state index contributed by atoms with van der Waals surface area (Å²) in [4.78, 5) is 11.5. The van der Waals surface area contributed by atoms with Gasteiger partial charge in [-0.2, -0.15) is 5.26 Å². The largest absolute Gasteiger partial charge is 0.456 e. The molecule has 0 aliphatic carbocycles. The van der Waals surface area contributed by atoms with Crippen LogP contribution in [-0.2, 0) is 27.9 Å². The third-order valence-corrected chi connectivity index (χ3v) is 8.22. The maximum atomic E-state index is 14.9. The van der Waals surface area contributed by atoms with Crippen molar-refractivity contribution in [3.8, 4) is 6.07 Å². The zero-order valence-corrected chi connectivity index (χ0v) is 21.1. The fourth-order valence-electron chi connectivity index (χ4n) is 3.29. The second-order valence-electron chi connectivity index (χ2n) is 8.45. The third kappa shape index (κ3) is 8.72. The minimum atomic E-state index is -3.21. The van der Waals surface area contributed by atoms with Crippen LogP contribution in [0, 0.1) is 11.3 Å².